The molecule has 0 atom stereocenters. The lowest BCUT2D eigenvalue weighted by Gasteiger charge is -2.16. The summed E-state index contributed by atoms with van der Waals surface area (Å²) < 4.78 is 11.7. The summed E-state index contributed by atoms with van der Waals surface area (Å²) in [7, 11) is 1.69. The number of aromatic nitrogens is 1. The summed E-state index contributed by atoms with van der Waals surface area (Å²) in [6.07, 6.45) is 5.97. The normalized spacial score (nSPS) is 14.3. The number of methoxy groups -OCH3 is 1. The van der Waals surface area contributed by atoms with Gasteiger partial charge in [0.1, 0.15) is 0 Å². The van der Waals surface area contributed by atoms with Gasteiger partial charge in [-0.25, -0.2) is 9.98 Å². The highest BCUT2D eigenvalue weighted by Gasteiger charge is 2.18. The van der Waals surface area contributed by atoms with E-state index < -0.39 is 0 Å². The molecule has 166 valence electrons. The van der Waals surface area contributed by atoms with Crippen LogP contribution in [0.4, 0.5) is 0 Å². The fourth-order valence-electron chi connectivity index (χ4n) is 3.44. The van der Waals surface area contributed by atoms with Crippen LogP contribution in [0.2, 0.25) is 0 Å². The van der Waals surface area contributed by atoms with Crippen molar-refractivity contribution >= 4 is 41.3 Å². The number of thiazole rings is 1. The minimum atomic E-state index is 0. The van der Waals surface area contributed by atoms with Gasteiger partial charge in [-0.3, -0.25) is 0 Å². The lowest BCUT2D eigenvalue weighted by atomic mass is 10.2. The molecule has 1 aromatic heterocycles. The second-order valence-corrected chi connectivity index (χ2v) is 8.30. The third-order valence-corrected chi connectivity index (χ3v) is 5.75. The molecular formula is C22H33IN4O2S. The number of rotatable bonds is 9. The summed E-state index contributed by atoms with van der Waals surface area (Å²) in [6, 6.07) is 6.10. The zero-order chi connectivity index (χ0) is 20.5. The van der Waals surface area contributed by atoms with Crippen molar-refractivity contribution in [3.63, 3.8) is 0 Å². The summed E-state index contributed by atoms with van der Waals surface area (Å²) in [5.41, 5.74) is 2.21. The minimum Gasteiger partial charge on any atom is -0.493 e. The van der Waals surface area contributed by atoms with E-state index in [2.05, 4.69) is 34.0 Å². The molecule has 0 radical (unpaired) electrons. The molecule has 0 unspecified atom stereocenters. The van der Waals surface area contributed by atoms with Gasteiger partial charge < -0.3 is 20.1 Å². The van der Waals surface area contributed by atoms with E-state index in [0.717, 1.165) is 66.1 Å². The Morgan fingerprint density at radius 2 is 2.03 bits per heavy atom. The molecule has 0 spiro atoms. The van der Waals surface area contributed by atoms with Gasteiger partial charge in [-0.1, -0.05) is 6.07 Å². The maximum Gasteiger partial charge on any atom is 0.191 e. The lowest BCUT2D eigenvalue weighted by molar-refractivity contribution is 0.200. The predicted molar refractivity (Wildman–Crippen MR) is 135 cm³/mol. The molecule has 2 N–H and O–H groups in total. The molecule has 0 aliphatic heterocycles. The second-order valence-electron chi connectivity index (χ2n) is 7.24. The van der Waals surface area contributed by atoms with Crippen molar-refractivity contribution in [2.45, 2.75) is 58.6 Å². The smallest absolute Gasteiger partial charge is 0.191 e. The fourth-order valence-corrected chi connectivity index (χ4v) is 4.08. The average molecular weight is 545 g/mol. The van der Waals surface area contributed by atoms with Gasteiger partial charge in [-0.15, -0.1) is 35.3 Å². The Morgan fingerprint density at radius 3 is 2.70 bits per heavy atom. The molecule has 1 aromatic carbocycles. The van der Waals surface area contributed by atoms with Crippen molar-refractivity contribution in [1.82, 2.24) is 15.6 Å². The van der Waals surface area contributed by atoms with Crippen LogP contribution in [0.1, 0.15) is 48.9 Å². The molecule has 1 aliphatic rings. The summed E-state index contributed by atoms with van der Waals surface area (Å²) in [5, 5.41) is 9.90. The second kappa shape index (κ2) is 13.0. The van der Waals surface area contributed by atoms with Crippen molar-refractivity contribution in [3.8, 4) is 11.5 Å². The zero-order valence-electron chi connectivity index (χ0n) is 18.1. The fraction of sp³-hybridized carbons (Fsp3) is 0.545. The van der Waals surface area contributed by atoms with Gasteiger partial charge in [-0.2, -0.15) is 0 Å². The van der Waals surface area contributed by atoms with Gasteiger partial charge in [0.15, 0.2) is 17.5 Å². The van der Waals surface area contributed by atoms with Crippen LogP contribution in [-0.2, 0) is 13.0 Å². The van der Waals surface area contributed by atoms with E-state index in [1.807, 2.05) is 19.1 Å². The maximum absolute atomic E-state index is 6.12. The van der Waals surface area contributed by atoms with Gasteiger partial charge >= 0.3 is 0 Å². The van der Waals surface area contributed by atoms with E-state index in [-0.39, 0.29) is 24.0 Å². The first kappa shape index (κ1) is 24.7. The van der Waals surface area contributed by atoms with Gasteiger partial charge in [0.2, 0.25) is 0 Å². The monoisotopic (exact) mass is 544 g/mol. The molecule has 30 heavy (non-hydrogen) atoms. The van der Waals surface area contributed by atoms with Crippen LogP contribution in [0.5, 0.6) is 11.5 Å². The Kier molecular flexibility index (Phi) is 10.7. The SMILES string of the molecule is CCNC(=NCc1ccc(OC2CCCC2)c(OC)c1)NCCc1csc(C)n1.I. The van der Waals surface area contributed by atoms with Crippen molar-refractivity contribution in [2.75, 3.05) is 20.2 Å². The molecule has 3 rings (SSSR count). The molecule has 8 heteroatoms. The predicted octanol–water partition coefficient (Wildman–Crippen LogP) is 4.70. The highest BCUT2D eigenvalue weighted by Crippen LogP contribution is 2.32. The number of hydrogen-bond donors (Lipinski definition) is 2. The number of halogens is 1. The Hall–Kier alpha value is -1.55. The first-order chi connectivity index (χ1) is 14.2. The van der Waals surface area contributed by atoms with Gasteiger partial charge in [0, 0.05) is 24.9 Å². The number of ether oxygens (including phenoxy) is 2. The number of aryl methyl sites for hydroxylation is 1. The largest absolute Gasteiger partial charge is 0.493 e. The lowest BCUT2D eigenvalue weighted by Crippen LogP contribution is -2.38. The summed E-state index contributed by atoms with van der Waals surface area (Å²) in [6.45, 7) is 6.29. The maximum atomic E-state index is 6.12. The number of benzene rings is 1. The molecule has 0 amide bonds. The van der Waals surface area contributed by atoms with Gasteiger partial charge in [0.25, 0.3) is 0 Å². The standard InChI is InChI=1S/C22H32N4O2S.HI/c1-4-23-22(24-12-11-18-15-29-16(2)26-18)25-14-17-9-10-20(21(13-17)27-3)28-19-7-5-6-8-19;/h9-10,13,15,19H,4-8,11-12,14H2,1-3H3,(H2,23,24,25);1H. The first-order valence-corrected chi connectivity index (χ1v) is 11.3. The van der Waals surface area contributed by atoms with Crippen molar-refractivity contribution < 1.29 is 9.47 Å². The minimum absolute atomic E-state index is 0. The van der Waals surface area contributed by atoms with Crippen LogP contribution in [-0.4, -0.2) is 37.2 Å². The van der Waals surface area contributed by atoms with Crippen LogP contribution in [0.3, 0.4) is 0 Å². The average Bonchev–Trinajstić information content (AvgIpc) is 3.38. The highest BCUT2D eigenvalue weighted by atomic mass is 127. The molecule has 1 fully saturated rings. The zero-order valence-corrected chi connectivity index (χ0v) is 21.2. The van der Waals surface area contributed by atoms with E-state index in [4.69, 9.17) is 14.5 Å². The van der Waals surface area contributed by atoms with E-state index in [0.29, 0.717) is 12.6 Å². The third kappa shape index (κ3) is 7.61. The Labute approximate surface area is 200 Å². The summed E-state index contributed by atoms with van der Waals surface area (Å²) in [4.78, 5) is 9.21. The Balaban J connectivity index is 0.00000320. The van der Waals surface area contributed by atoms with Crippen molar-refractivity contribution in [3.05, 3.63) is 39.8 Å². The number of guanidine groups is 1. The Morgan fingerprint density at radius 1 is 1.23 bits per heavy atom. The first-order valence-electron chi connectivity index (χ1n) is 10.4. The van der Waals surface area contributed by atoms with Crippen LogP contribution in [0.15, 0.2) is 28.6 Å². The van der Waals surface area contributed by atoms with E-state index in [1.54, 1.807) is 18.4 Å². The Bertz CT molecular complexity index is 806. The van der Waals surface area contributed by atoms with E-state index >= 15 is 0 Å². The number of aliphatic imine (C=N–C) groups is 1. The van der Waals surface area contributed by atoms with Crippen LogP contribution in [0, 0.1) is 6.92 Å². The molecule has 6 nitrogen and oxygen atoms in total. The molecule has 0 saturated heterocycles. The summed E-state index contributed by atoms with van der Waals surface area (Å²) in [5.74, 6) is 2.42. The van der Waals surface area contributed by atoms with Crippen molar-refractivity contribution in [1.29, 1.82) is 0 Å². The number of nitrogens with one attached hydrogen (secondary N) is 2. The molecule has 1 saturated carbocycles. The van der Waals surface area contributed by atoms with Crippen LogP contribution < -0.4 is 20.1 Å². The van der Waals surface area contributed by atoms with Crippen LogP contribution >= 0.6 is 35.3 Å². The van der Waals surface area contributed by atoms with E-state index in [9.17, 15) is 0 Å². The van der Waals surface area contributed by atoms with E-state index in [1.165, 1.54) is 12.8 Å². The highest BCUT2D eigenvalue weighted by molar-refractivity contribution is 14.0. The van der Waals surface area contributed by atoms with Crippen molar-refractivity contribution in [2.24, 2.45) is 4.99 Å². The molecule has 1 heterocycles. The molecule has 2 aromatic rings. The third-order valence-electron chi connectivity index (χ3n) is 4.93. The number of nitrogens with zero attached hydrogens (tertiary/aromatic N) is 2. The quantitative estimate of drug-likeness (QED) is 0.272. The van der Waals surface area contributed by atoms with Gasteiger partial charge in [-0.05, 0) is 57.2 Å². The molecule has 1 aliphatic carbocycles. The molecular weight excluding hydrogens is 511 g/mol. The van der Waals surface area contributed by atoms with Crippen LogP contribution in [0.25, 0.3) is 0 Å². The topological polar surface area (TPSA) is 67.8 Å². The van der Waals surface area contributed by atoms with Gasteiger partial charge in [0.05, 0.1) is 30.5 Å². The summed E-state index contributed by atoms with van der Waals surface area (Å²) >= 11 is 1.69. The molecule has 0 bridgehead atoms. The number of hydrogen-bond acceptors (Lipinski definition) is 5.